The van der Waals surface area contributed by atoms with E-state index in [2.05, 4.69) is 27.2 Å². The third kappa shape index (κ3) is 1.27. The number of hydrogen-bond donors (Lipinski definition) is 2. The minimum absolute atomic E-state index is 0.00386. The van der Waals surface area contributed by atoms with E-state index in [-0.39, 0.29) is 5.89 Å². The first-order chi connectivity index (χ1) is 4.72. The van der Waals surface area contributed by atoms with Crippen molar-refractivity contribution in [1.82, 2.24) is 10.2 Å². The molecule has 1 aromatic rings. The minimum atomic E-state index is -1.10. The third-order valence-corrected chi connectivity index (χ3v) is 1.29. The first-order valence-corrected chi connectivity index (χ1v) is 2.90. The largest absolute Gasteiger partial charge is 0.480 e. The molecule has 0 aliphatic rings. The van der Waals surface area contributed by atoms with E-state index in [0.717, 1.165) is 6.39 Å². The molecule has 1 heterocycles. The number of hydrogen-bond acceptors (Lipinski definition) is 5. The predicted molar refractivity (Wildman–Crippen MR) is 33.7 cm³/mol. The number of carboxylic acids is 1. The molecular weight excluding hydrogens is 156 g/mol. The highest BCUT2D eigenvalue weighted by atomic mass is 32.1. The summed E-state index contributed by atoms with van der Waals surface area (Å²) in [6, 6.07) is 0. The fraction of sp³-hybridized carbons (Fsp3) is 0.250. The summed E-state index contributed by atoms with van der Waals surface area (Å²) in [4.78, 5) is 10.2. The van der Waals surface area contributed by atoms with Gasteiger partial charge in [-0.25, -0.2) is 0 Å². The van der Waals surface area contributed by atoms with E-state index in [4.69, 9.17) is 5.11 Å². The molecule has 1 aromatic heterocycles. The van der Waals surface area contributed by atoms with Gasteiger partial charge in [0.15, 0.2) is 5.25 Å². The van der Waals surface area contributed by atoms with E-state index >= 15 is 0 Å². The molecule has 6 heteroatoms. The molecule has 0 saturated heterocycles. The standard InChI is InChI=1S/C4H4N2O3S/c7-4(8)2(10)3-6-5-1-9-3/h1-2,10H,(H,7,8). The zero-order chi connectivity index (χ0) is 7.56. The maximum Gasteiger partial charge on any atom is 0.326 e. The summed E-state index contributed by atoms with van der Waals surface area (Å²) in [6.07, 6.45) is 1.06. The molecule has 54 valence electrons. The van der Waals surface area contributed by atoms with Crippen LogP contribution in [-0.4, -0.2) is 21.3 Å². The zero-order valence-corrected chi connectivity index (χ0v) is 5.65. The molecule has 1 N–H and O–H groups in total. The van der Waals surface area contributed by atoms with E-state index in [9.17, 15) is 4.79 Å². The highest BCUT2D eigenvalue weighted by Crippen LogP contribution is 2.15. The van der Waals surface area contributed by atoms with E-state index in [1.165, 1.54) is 0 Å². The maximum absolute atomic E-state index is 10.2. The van der Waals surface area contributed by atoms with E-state index < -0.39 is 11.2 Å². The molecule has 0 fully saturated rings. The van der Waals surface area contributed by atoms with Crippen molar-refractivity contribution < 1.29 is 14.3 Å². The number of carboxylic acid groups (broad SMARTS) is 1. The molecule has 0 spiro atoms. The van der Waals surface area contributed by atoms with Gasteiger partial charge in [-0.15, -0.1) is 10.2 Å². The van der Waals surface area contributed by atoms with Gasteiger partial charge in [-0.3, -0.25) is 4.79 Å². The molecule has 0 radical (unpaired) electrons. The topological polar surface area (TPSA) is 76.2 Å². The Bertz CT molecular complexity index is 222. The van der Waals surface area contributed by atoms with Gasteiger partial charge in [0, 0.05) is 0 Å². The molecule has 0 bridgehead atoms. The Morgan fingerprint density at radius 1 is 1.90 bits per heavy atom. The van der Waals surface area contributed by atoms with Crippen LogP contribution in [-0.2, 0) is 4.79 Å². The molecule has 0 aliphatic heterocycles. The Balaban J connectivity index is 2.77. The van der Waals surface area contributed by atoms with Crippen molar-refractivity contribution in [1.29, 1.82) is 0 Å². The van der Waals surface area contributed by atoms with Gasteiger partial charge in [0.2, 0.25) is 12.3 Å². The normalized spacial score (nSPS) is 12.9. The predicted octanol–water partition coefficient (Wildman–Crippen LogP) is 0.125. The Hall–Kier alpha value is -1.04. The maximum atomic E-state index is 10.2. The second-order valence-electron chi connectivity index (χ2n) is 1.52. The number of nitrogens with zero attached hydrogens (tertiary/aromatic N) is 2. The molecule has 1 rings (SSSR count). The van der Waals surface area contributed by atoms with Gasteiger partial charge in [0.05, 0.1) is 0 Å². The highest BCUT2D eigenvalue weighted by molar-refractivity contribution is 7.81. The lowest BCUT2D eigenvalue weighted by molar-refractivity contribution is -0.136. The van der Waals surface area contributed by atoms with Gasteiger partial charge in [-0.2, -0.15) is 12.6 Å². The van der Waals surface area contributed by atoms with Gasteiger partial charge in [0.1, 0.15) is 0 Å². The highest BCUT2D eigenvalue weighted by Gasteiger charge is 2.19. The van der Waals surface area contributed by atoms with Crippen molar-refractivity contribution in [3.05, 3.63) is 12.3 Å². The first kappa shape index (κ1) is 7.07. The Labute approximate surface area is 61.5 Å². The van der Waals surface area contributed by atoms with Crippen LogP contribution in [0.4, 0.5) is 0 Å². The molecule has 0 saturated carbocycles. The van der Waals surface area contributed by atoms with Crippen molar-refractivity contribution >= 4 is 18.6 Å². The smallest absolute Gasteiger partial charge is 0.326 e. The van der Waals surface area contributed by atoms with Crippen molar-refractivity contribution in [3.8, 4) is 0 Å². The zero-order valence-electron chi connectivity index (χ0n) is 4.76. The van der Waals surface area contributed by atoms with Gasteiger partial charge >= 0.3 is 5.97 Å². The molecule has 1 unspecified atom stereocenters. The lowest BCUT2D eigenvalue weighted by atomic mass is 10.4. The van der Waals surface area contributed by atoms with Crippen LogP contribution in [0.1, 0.15) is 11.1 Å². The fourth-order valence-corrected chi connectivity index (χ4v) is 0.519. The number of aromatic nitrogens is 2. The fourth-order valence-electron chi connectivity index (χ4n) is 0.406. The quantitative estimate of drug-likeness (QED) is 0.601. The van der Waals surface area contributed by atoms with Crippen molar-refractivity contribution in [2.24, 2.45) is 0 Å². The van der Waals surface area contributed by atoms with Crippen molar-refractivity contribution in [3.63, 3.8) is 0 Å². The van der Waals surface area contributed by atoms with Crippen LogP contribution < -0.4 is 0 Å². The van der Waals surface area contributed by atoms with Crippen LogP contribution in [0, 0.1) is 0 Å². The van der Waals surface area contributed by atoms with Crippen molar-refractivity contribution in [2.75, 3.05) is 0 Å². The van der Waals surface area contributed by atoms with Crippen LogP contribution in [0.15, 0.2) is 10.8 Å². The first-order valence-electron chi connectivity index (χ1n) is 2.38. The second-order valence-corrected chi connectivity index (χ2v) is 2.03. The van der Waals surface area contributed by atoms with Gasteiger partial charge in [0.25, 0.3) is 0 Å². The molecule has 0 aliphatic carbocycles. The van der Waals surface area contributed by atoms with Gasteiger partial charge in [-0.05, 0) is 0 Å². The van der Waals surface area contributed by atoms with Crippen LogP contribution in [0.25, 0.3) is 0 Å². The number of rotatable bonds is 2. The molecule has 10 heavy (non-hydrogen) atoms. The van der Waals surface area contributed by atoms with Crippen LogP contribution in [0.5, 0.6) is 0 Å². The SMILES string of the molecule is O=C(O)C(S)c1nnco1. The summed E-state index contributed by atoms with van der Waals surface area (Å²) in [5.41, 5.74) is 0. The Morgan fingerprint density at radius 3 is 3.00 bits per heavy atom. The summed E-state index contributed by atoms with van der Waals surface area (Å²) >= 11 is 3.68. The van der Waals surface area contributed by atoms with Crippen LogP contribution >= 0.6 is 12.6 Å². The summed E-state index contributed by atoms with van der Waals surface area (Å²) < 4.78 is 4.58. The van der Waals surface area contributed by atoms with E-state index in [1.54, 1.807) is 0 Å². The molecular formula is C4H4N2O3S. The Kier molecular flexibility index (Phi) is 1.91. The molecule has 0 amide bonds. The number of carbonyl (C=O) groups is 1. The van der Waals surface area contributed by atoms with E-state index in [1.807, 2.05) is 0 Å². The second kappa shape index (κ2) is 2.70. The average molecular weight is 160 g/mol. The van der Waals surface area contributed by atoms with Gasteiger partial charge < -0.3 is 9.52 Å². The summed E-state index contributed by atoms with van der Waals surface area (Å²) in [7, 11) is 0. The third-order valence-electron chi connectivity index (χ3n) is 0.845. The lowest BCUT2D eigenvalue weighted by Crippen LogP contribution is -2.05. The summed E-state index contributed by atoms with van der Waals surface area (Å²) in [5.74, 6) is -1.11. The molecule has 0 aromatic carbocycles. The number of aliphatic carboxylic acids is 1. The monoisotopic (exact) mass is 160 g/mol. The van der Waals surface area contributed by atoms with Crippen LogP contribution in [0.3, 0.4) is 0 Å². The number of thiol groups is 1. The van der Waals surface area contributed by atoms with Crippen LogP contribution in [0.2, 0.25) is 0 Å². The summed E-state index contributed by atoms with van der Waals surface area (Å²) in [6.45, 7) is 0. The lowest BCUT2D eigenvalue weighted by Gasteiger charge is -1.95. The summed E-state index contributed by atoms with van der Waals surface area (Å²) in [5, 5.41) is 14.0. The average Bonchev–Trinajstić information content (AvgIpc) is 2.36. The van der Waals surface area contributed by atoms with Crippen molar-refractivity contribution in [2.45, 2.75) is 5.25 Å². The van der Waals surface area contributed by atoms with E-state index in [0.29, 0.717) is 0 Å². The molecule has 1 atom stereocenters. The Morgan fingerprint density at radius 2 is 2.60 bits per heavy atom. The van der Waals surface area contributed by atoms with Gasteiger partial charge in [-0.1, -0.05) is 0 Å². The minimum Gasteiger partial charge on any atom is -0.480 e. The molecule has 5 nitrogen and oxygen atoms in total.